The van der Waals surface area contributed by atoms with Gasteiger partial charge in [0.2, 0.25) is 5.91 Å². The van der Waals surface area contributed by atoms with Gasteiger partial charge in [-0.25, -0.2) is 4.98 Å². The van der Waals surface area contributed by atoms with Gasteiger partial charge in [0.15, 0.2) is 16.6 Å². The summed E-state index contributed by atoms with van der Waals surface area (Å²) in [6, 6.07) is 1.94. The lowest BCUT2D eigenvalue weighted by Crippen LogP contribution is -2.07. The van der Waals surface area contributed by atoms with Crippen molar-refractivity contribution in [1.82, 2.24) is 4.98 Å². The molecule has 1 heterocycles. The molecule has 0 fully saturated rings. The number of nitro benzene ring substituents is 1. The van der Waals surface area contributed by atoms with E-state index in [0.29, 0.717) is 5.13 Å². The van der Waals surface area contributed by atoms with Gasteiger partial charge in [-0.1, -0.05) is 0 Å². The molecule has 138 valence electrons. The number of thiazole rings is 1. The van der Waals surface area contributed by atoms with Crippen LogP contribution in [-0.4, -0.2) is 29.5 Å². The first kappa shape index (κ1) is 19.2. The highest BCUT2D eigenvalue weighted by Gasteiger charge is 2.20. The summed E-state index contributed by atoms with van der Waals surface area (Å²) in [6.45, 7) is -1.40. The van der Waals surface area contributed by atoms with E-state index in [1.807, 2.05) is 0 Å². The highest BCUT2D eigenvalue weighted by Crippen LogP contribution is 2.36. The number of alkyl halides is 2. The largest absolute Gasteiger partial charge is 0.493 e. The van der Waals surface area contributed by atoms with E-state index >= 15 is 0 Å². The number of aryl methyl sites for hydroxylation is 1. The van der Waals surface area contributed by atoms with Crippen molar-refractivity contribution in [2.45, 2.75) is 13.5 Å². The van der Waals surface area contributed by atoms with E-state index in [1.54, 1.807) is 12.3 Å². The van der Waals surface area contributed by atoms with Gasteiger partial charge < -0.3 is 9.47 Å². The van der Waals surface area contributed by atoms with Crippen molar-refractivity contribution in [2.24, 2.45) is 0 Å². The van der Waals surface area contributed by atoms with E-state index < -0.39 is 28.9 Å². The van der Waals surface area contributed by atoms with Crippen molar-refractivity contribution < 1.29 is 28.0 Å². The van der Waals surface area contributed by atoms with Gasteiger partial charge in [0.25, 0.3) is 5.69 Å². The Morgan fingerprint density at radius 3 is 2.69 bits per heavy atom. The molecule has 11 heteroatoms. The average molecular weight is 385 g/mol. The van der Waals surface area contributed by atoms with Crippen molar-refractivity contribution in [2.75, 3.05) is 12.4 Å². The van der Waals surface area contributed by atoms with Gasteiger partial charge in [0.1, 0.15) is 0 Å². The molecule has 0 saturated heterocycles. The number of nitrogens with zero attached hydrogens (tertiary/aromatic N) is 2. The number of amides is 1. The number of anilines is 1. The molecule has 0 aliphatic heterocycles. The van der Waals surface area contributed by atoms with Gasteiger partial charge in [-0.2, -0.15) is 8.78 Å². The van der Waals surface area contributed by atoms with E-state index in [0.717, 1.165) is 23.9 Å². The van der Waals surface area contributed by atoms with Crippen LogP contribution in [0.15, 0.2) is 23.6 Å². The highest BCUT2D eigenvalue weighted by molar-refractivity contribution is 7.13. The monoisotopic (exact) mass is 385 g/mol. The predicted molar refractivity (Wildman–Crippen MR) is 90.8 cm³/mol. The first-order valence-corrected chi connectivity index (χ1v) is 7.90. The molecule has 0 spiro atoms. The number of hydrogen-bond donors (Lipinski definition) is 1. The molecule has 2 rings (SSSR count). The third-order valence-electron chi connectivity index (χ3n) is 2.99. The smallest absolute Gasteiger partial charge is 0.387 e. The van der Waals surface area contributed by atoms with Crippen molar-refractivity contribution in [3.05, 3.63) is 45.0 Å². The number of nitro groups is 1. The van der Waals surface area contributed by atoms with E-state index in [4.69, 9.17) is 4.74 Å². The molecule has 0 atom stereocenters. The van der Waals surface area contributed by atoms with Crippen LogP contribution in [0.25, 0.3) is 6.08 Å². The lowest BCUT2D eigenvalue weighted by Gasteiger charge is -2.10. The van der Waals surface area contributed by atoms with E-state index in [-0.39, 0.29) is 11.3 Å². The Kier molecular flexibility index (Phi) is 6.17. The van der Waals surface area contributed by atoms with Crippen molar-refractivity contribution in [3.8, 4) is 11.5 Å². The van der Waals surface area contributed by atoms with Crippen LogP contribution in [0.1, 0.15) is 11.3 Å². The molecule has 0 radical (unpaired) electrons. The second-order valence-corrected chi connectivity index (χ2v) is 5.67. The highest BCUT2D eigenvalue weighted by atomic mass is 32.1. The number of rotatable bonds is 7. The summed E-state index contributed by atoms with van der Waals surface area (Å²) in [4.78, 5) is 26.3. The van der Waals surface area contributed by atoms with Gasteiger partial charge >= 0.3 is 6.61 Å². The van der Waals surface area contributed by atoms with Gasteiger partial charge in [0, 0.05) is 11.5 Å². The number of aromatic nitrogens is 1. The van der Waals surface area contributed by atoms with Crippen LogP contribution < -0.4 is 14.8 Å². The average Bonchev–Trinajstić information content (AvgIpc) is 2.97. The molecule has 1 amide bonds. The van der Waals surface area contributed by atoms with Crippen molar-refractivity contribution in [3.63, 3.8) is 0 Å². The summed E-state index contributed by atoms with van der Waals surface area (Å²) in [5.41, 5.74) is 0.207. The number of methoxy groups -OCH3 is 1. The Balaban J connectivity index is 2.28. The van der Waals surface area contributed by atoms with Crippen LogP contribution in [0.5, 0.6) is 11.5 Å². The zero-order chi connectivity index (χ0) is 19.3. The third kappa shape index (κ3) is 4.96. The number of benzene rings is 1. The number of halogens is 2. The molecule has 0 aliphatic carbocycles. The summed E-state index contributed by atoms with van der Waals surface area (Å²) < 4.78 is 33.9. The second kappa shape index (κ2) is 8.34. The van der Waals surface area contributed by atoms with Gasteiger partial charge in [-0.05, 0) is 19.1 Å². The van der Waals surface area contributed by atoms with E-state index in [9.17, 15) is 23.7 Å². The van der Waals surface area contributed by atoms with Crippen LogP contribution in [-0.2, 0) is 4.79 Å². The maximum Gasteiger partial charge on any atom is 0.387 e. The fourth-order valence-electron chi connectivity index (χ4n) is 1.93. The summed E-state index contributed by atoms with van der Waals surface area (Å²) in [5.74, 6) is -1.17. The summed E-state index contributed by atoms with van der Waals surface area (Å²) in [5, 5.41) is 15.8. The molecule has 0 unspecified atom stereocenters. The van der Waals surface area contributed by atoms with Crippen LogP contribution in [0.3, 0.4) is 0 Å². The molecule has 1 aromatic carbocycles. The summed E-state index contributed by atoms with van der Waals surface area (Å²) in [7, 11) is 1.20. The van der Waals surface area contributed by atoms with Gasteiger partial charge in [-0.3, -0.25) is 20.2 Å². The molecule has 0 bridgehead atoms. The standard InChI is InChI=1S/C15H13F2N3O5S/c1-8-7-26-15(18-8)19-13(21)4-3-9-5-11(24-2)12(25-14(16)17)6-10(9)20(22)23/h3-7,14H,1-2H3,(H,18,19,21)/b4-3+. The minimum atomic E-state index is -3.17. The first-order chi connectivity index (χ1) is 12.3. The van der Waals surface area contributed by atoms with Crippen LogP contribution in [0, 0.1) is 17.0 Å². The van der Waals surface area contributed by atoms with Gasteiger partial charge in [0.05, 0.1) is 29.4 Å². The molecular weight excluding hydrogens is 372 g/mol. The molecule has 0 saturated carbocycles. The maximum absolute atomic E-state index is 12.4. The van der Waals surface area contributed by atoms with E-state index in [1.165, 1.54) is 24.5 Å². The van der Waals surface area contributed by atoms with Crippen LogP contribution in [0.2, 0.25) is 0 Å². The van der Waals surface area contributed by atoms with Crippen LogP contribution >= 0.6 is 11.3 Å². The van der Waals surface area contributed by atoms with Gasteiger partial charge in [-0.15, -0.1) is 11.3 Å². The molecular formula is C15H13F2N3O5S. The molecule has 26 heavy (non-hydrogen) atoms. The molecule has 2 aromatic rings. The number of nitrogens with one attached hydrogen (secondary N) is 1. The lowest BCUT2D eigenvalue weighted by molar-refractivity contribution is -0.385. The fourth-order valence-corrected chi connectivity index (χ4v) is 2.62. The zero-order valence-corrected chi connectivity index (χ0v) is 14.4. The Bertz CT molecular complexity index is 854. The normalized spacial score (nSPS) is 11.0. The first-order valence-electron chi connectivity index (χ1n) is 7.02. The molecule has 8 nitrogen and oxygen atoms in total. The number of ether oxygens (including phenoxy) is 2. The second-order valence-electron chi connectivity index (χ2n) is 4.81. The molecule has 0 aliphatic rings. The number of carbonyl (C=O) groups is 1. The number of hydrogen-bond acceptors (Lipinski definition) is 7. The van der Waals surface area contributed by atoms with E-state index in [2.05, 4.69) is 15.0 Å². The van der Waals surface area contributed by atoms with Crippen molar-refractivity contribution >= 4 is 34.1 Å². The summed E-state index contributed by atoms with van der Waals surface area (Å²) >= 11 is 1.23. The lowest BCUT2D eigenvalue weighted by atomic mass is 10.1. The quantitative estimate of drug-likeness (QED) is 0.443. The Labute approximate surface area is 150 Å². The summed E-state index contributed by atoms with van der Waals surface area (Å²) in [6.07, 6.45) is 2.23. The Hall–Kier alpha value is -3.08. The minimum absolute atomic E-state index is 0.0149. The SMILES string of the molecule is COc1cc(/C=C/C(=O)Nc2nc(C)cs2)c([N+](=O)[O-])cc1OC(F)F. The van der Waals surface area contributed by atoms with Crippen molar-refractivity contribution in [1.29, 1.82) is 0 Å². The molecule has 1 N–H and O–H groups in total. The molecule has 1 aromatic heterocycles. The fraction of sp³-hybridized carbons (Fsp3) is 0.200. The minimum Gasteiger partial charge on any atom is -0.493 e. The Morgan fingerprint density at radius 1 is 1.42 bits per heavy atom. The number of carbonyl (C=O) groups excluding carboxylic acids is 1. The predicted octanol–water partition coefficient (Wildman–Crippen LogP) is 3.62. The third-order valence-corrected chi connectivity index (χ3v) is 3.86. The topological polar surface area (TPSA) is 104 Å². The Morgan fingerprint density at radius 2 is 2.15 bits per heavy atom. The van der Waals surface area contributed by atoms with Crippen LogP contribution in [0.4, 0.5) is 19.6 Å². The zero-order valence-electron chi connectivity index (χ0n) is 13.6. The maximum atomic E-state index is 12.4.